The predicted molar refractivity (Wildman–Crippen MR) is 60.9 cm³/mol. The van der Waals surface area contributed by atoms with Gasteiger partial charge in [0.15, 0.2) is 0 Å². The zero-order chi connectivity index (χ0) is 11.1. The summed E-state index contributed by atoms with van der Waals surface area (Å²) in [6.45, 7) is 1.97. The van der Waals surface area contributed by atoms with Crippen molar-refractivity contribution in [1.82, 2.24) is 0 Å². The van der Waals surface area contributed by atoms with E-state index in [4.69, 9.17) is 17.3 Å². The maximum atomic E-state index is 14.0. The van der Waals surface area contributed by atoms with Gasteiger partial charge in [-0.15, -0.1) is 0 Å². The molecule has 0 aliphatic heterocycles. The third kappa shape index (κ3) is 2.32. The van der Waals surface area contributed by atoms with Crippen LogP contribution in [0.2, 0.25) is 5.02 Å². The lowest BCUT2D eigenvalue weighted by molar-refractivity contribution is 0.0445. The van der Waals surface area contributed by atoms with Gasteiger partial charge < -0.3 is 5.73 Å². The summed E-state index contributed by atoms with van der Waals surface area (Å²) in [6.07, 6.45) is 1.30. The fraction of sp³-hybridized carbons (Fsp3) is 0.500. The van der Waals surface area contributed by atoms with Crippen molar-refractivity contribution in [3.05, 3.63) is 34.3 Å². The monoisotopic (exact) mass is 227 g/mol. The first-order chi connectivity index (χ1) is 6.98. The highest BCUT2D eigenvalue weighted by Crippen LogP contribution is 2.39. The number of nitrogens with two attached hydrogens (primary N) is 1. The molecule has 0 atom stereocenters. The van der Waals surface area contributed by atoms with Crippen LogP contribution in [0, 0.1) is 6.92 Å². The van der Waals surface area contributed by atoms with Crippen LogP contribution in [-0.4, -0.2) is 11.7 Å². The van der Waals surface area contributed by atoms with Crippen molar-refractivity contribution in [1.29, 1.82) is 0 Å². The zero-order valence-corrected chi connectivity index (χ0v) is 9.52. The molecule has 1 fully saturated rings. The molecule has 2 rings (SSSR count). The molecule has 1 saturated carbocycles. The van der Waals surface area contributed by atoms with Crippen LogP contribution in [0.3, 0.4) is 0 Å². The second-order valence-electron chi connectivity index (χ2n) is 4.59. The molecule has 15 heavy (non-hydrogen) atoms. The van der Waals surface area contributed by atoms with Crippen LogP contribution in [0.1, 0.15) is 24.0 Å². The summed E-state index contributed by atoms with van der Waals surface area (Å²) < 4.78 is 14.0. The Morgan fingerprint density at radius 1 is 1.53 bits per heavy atom. The predicted octanol–water partition coefficient (Wildman–Crippen LogP) is 3.02. The third-order valence-electron chi connectivity index (χ3n) is 2.97. The maximum Gasteiger partial charge on any atom is 0.118 e. The van der Waals surface area contributed by atoms with E-state index in [1.54, 1.807) is 0 Å². The van der Waals surface area contributed by atoms with E-state index in [9.17, 15) is 4.39 Å². The molecule has 3 heteroatoms. The zero-order valence-electron chi connectivity index (χ0n) is 8.76. The minimum atomic E-state index is -1.13. The average Bonchev–Trinajstić information content (AvgIpc) is 2.08. The maximum absolute atomic E-state index is 14.0. The summed E-state index contributed by atoms with van der Waals surface area (Å²) in [5, 5.41) is 0.660. The first kappa shape index (κ1) is 10.9. The van der Waals surface area contributed by atoms with Crippen molar-refractivity contribution >= 4 is 11.6 Å². The van der Waals surface area contributed by atoms with Crippen molar-refractivity contribution in [2.45, 2.75) is 37.9 Å². The van der Waals surface area contributed by atoms with E-state index in [-0.39, 0.29) is 6.04 Å². The molecule has 0 heterocycles. The molecule has 2 N–H and O–H groups in total. The minimum Gasteiger partial charge on any atom is -0.327 e. The second-order valence-corrected chi connectivity index (χ2v) is 5.00. The lowest BCUT2D eigenvalue weighted by atomic mass is 9.74. The highest BCUT2D eigenvalue weighted by atomic mass is 35.5. The number of hydrogen-bond donors (Lipinski definition) is 1. The van der Waals surface area contributed by atoms with Gasteiger partial charge in [0.25, 0.3) is 0 Å². The smallest absolute Gasteiger partial charge is 0.118 e. The van der Waals surface area contributed by atoms with Gasteiger partial charge in [0.1, 0.15) is 5.67 Å². The highest BCUT2D eigenvalue weighted by molar-refractivity contribution is 6.31. The van der Waals surface area contributed by atoms with Crippen molar-refractivity contribution < 1.29 is 4.39 Å². The van der Waals surface area contributed by atoms with Crippen LogP contribution in [0.5, 0.6) is 0 Å². The summed E-state index contributed by atoms with van der Waals surface area (Å²) in [4.78, 5) is 0. The van der Waals surface area contributed by atoms with E-state index in [1.807, 2.05) is 25.1 Å². The van der Waals surface area contributed by atoms with Crippen LogP contribution in [0.25, 0.3) is 0 Å². The lowest BCUT2D eigenvalue weighted by Gasteiger charge is -2.39. The molecule has 1 aromatic carbocycles. The van der Waals surface area contributed by atoms with Gasteiger partial charge in [-0.1, -0.05) is 23.7 Å². The van der Waals surface area contributed by atoms with E-state index in [2.05, 4.69) is 0 Å². The highest BCUT2D eigenvalue weighted by Gasteiger charge is 2.43. The number of rotatable bonds is 2. The Hall–Kier alpha value is -0.600. The molecule has 0 unspecified atom stereocenters. The van der Waals surface area contributed by atoms with Crippen LogP contribution in [0.4, 0.5) is 4.39 Å². The molecule has 0 bridgehead atoms. The molecule has 1 nitrogen and oxygen atoms in total. The summed E-state index contributed by atoms with van der Waals surface area (Å²) in [5.41, 5.74) is 6.46. The van der Waals surface area contributed by atoms with Crippen LogP contribution in [0.15, 0.2) is 18.2 Å². The molecule has 0 saturated heterocycles. The van der Waals surface area contributed by atoms with Gasteiger partial charge in [0.2, 0.25) is 0 Å². The number of halogens is 2. The van der Waals surface area contributed by atoms with Gasteiger partial charge in [-0.3, -0.25) is 0 Å². The van der Waals surface area contributed by atoms with Crippen molar-refractivity contribution in [3.63, 3.8) is 0 Å². The lowest BCUT2D eigenvalue weighted by Crippen LogP contribution is -2.49. The fourth-order valence-electron chi connectivity index (χ4n) is 2.16. The fourth-order valence-corrected chi connectivity index (χ4v) is 2.46. The van der Waals surface area contributed by atoms with Gasteiger partial charge in [-0.25, -0.2) is 4.39 Å². The summed E-state index contributed by atoms with van der Waals surface area (Å²) in [7, 11) is 0. The molecule has 1 aliphatic rings. The summed E-state index contributed by atoms with van der Waals surface area (Å²) in [5.74, 6) is 0. The number of hydrogen-bond acceptors (Lipinski definition) is 1. The molecule has 82 valence electrons. The molecule has 0 spiro atoms. The molecule has 1 aromatic rings. The SMILES string of the molecule is Cc1ccc(CC2(F)CC(N)C2)c(Cl)c1. The van der Waals surface area contributed by atoms with Gasteiger partial charge >= 0.3 is 0 Å². The molecule has 0 radical (unpaired) electrons. The Balaban J connectivity index is 2.11. The first-order valence-corrected chi connectivity index (χ1v) is 5.56. The normalized spacial score (nSPS) is 30.0. The number of benzene rings is 1. The molecular formula is C12H15ClFN. The van der Waals surface area contributed by atoms with E-state index < -0.39 is 5.67 Å². The largest absolute Gasteiger partial charge is 0.327 e. The Morgan fingerprint density at radius 2 is 2.20 bits per heavy atom. The van der Waals surface area contributed by atoms with E-state index in [1.165, 1.54) is 0 Å². The van der Waals surface area contributed by atoms with E-state index >= 15 is 0 Å². The topological polar surface area (TPSA) is 26.0 Å². The van der Waals surface area contributed by atoms with Gasteiger partial charge in [0.05, 0.1) is 0 Å². The standard InChI is InChI=1S/C12H15ClFN/c1-8-2-3-9(11(13)4-8)5-12(14)6-10(15)7-12/h2-4,10H,5-7,15H2,1H3. The van der Waals surface area contributed by atoms with Gasteiger partial charge in [-0.2, -0.15) is 0 Å². The van der Waals surface area contributed by atoms with Crippen molar-refractivity contribution in [3.8, 4) is 0 Å². The Kier molecular flexibility index (Phi) is 2.73. The van der Waals surface area contributed by atoms with Gasteiger partial charge in [-0.05, 0) is 37.0 Å². The number of aryl methyl sites for hydroxylation is 1. The Morgan fingerprint density at radius 3 is 2.73 bits per heavy atom. The Bertz CT molecular complexity index is 372. The molecule has 0 aromatic heterocycles. The van der Waals surface area contributed by atoms with Crippen LogP contribution >= 0.6 is 11.6 Å². The quantitative estimate of drug-likeness (QED) is 0.826. The summed E-state index contributed by atoms with van der Waals surface area (Å²) in [6, 6.07) is 5.77. The van der Waals surface area contributed by atoms with E-state index in [0.29, 0.717) is 24.3 Å². The molecule has 0 amide bonds. The summed E-state index contributed by atoms with van der Waals surface area (Å²) >= 11 is 6.06. The van der Waals surface area contributed by atoms with Crippen molar-refractivity contribution in [2.75, 3.05) is 0 Å². The van der Waals surface area contributed by atoms with Crippen molar-refractivity contribution in [2.24, 2.45) is 5.73 Å². The first-order valence-electron chi connectivity index (χ1n) is 5.18. The van der Waals surface area contributed by atoms with Gasteiger partial charge in [0, 0.05) is 17.5 Å². The van der Waals surface area contributed by atoms with Crippen LogP contribution in [-0.2, 0) is 6.42 Å². The third-order valence-corrected chi connectivity index (χ3v) is 3.32. The average molecular weight is 228 g/mol. The number of alkyl halides is 1. The minimum absolute atomic E-state index is 0.0271. The molecular weight excluding hydrogens is 213 g/mol. The van der Waals surface area contributed by atoms with Crippen LogP contribution < -0.4 is 5.73 Å². The second kappa shape index (κ2) is 3.76. The molecule has 1 aliphatic carbocycles. The Labute approximate surface area is 94.4 Å². The van der Waals surface area contributed by atoms with E-state index in [0.717, 1.165) is 11.1 Å².